The molecule has 1 amide bonds. The van der Waals surface area contributed by atoms with Crippen molar-refractivity contribution in [2.45, 2.75) is 32.2 Å². The second-order valence-electron chi connectivity index (χ2n) is 7.33. The van der Waals surface area contributed by atoms with Gasteiger partial charge in [0.15, 0.2) is 0 Å². The van der Waals surface area contributed by atoms with Crippen LogP contribution < -0.4 is 10.1 Å². The standard InChI is InChI=1S/C23H30N2O2/c1-18(26)25-15-13-22(21(17-25)16-19-8-4-3-5-9-19)24-14-12-20-10-6-7-11-23(20)27-2/h3-11,21-22,24H,12-17H2,1-2H3/t21-,22+/m1/s1. The normalized spacial score (nSPS) is 19.7. The van der Waals surface area contributed by atoms with Crippen LogP contribution in [0.4, 0.5) is 0 Å². The molecule has 2 aromatic rings. The van der Waals surface area contributed by atoms with E-state index in [1.54, 1.807) is 14.0 Å². The van der Waals surface area contributed by atoms with E-state index in [0.29, 0.717) is 12.0 Å². The summed E-state index contributed by atoms with van der Waals surface area (Å²) >= 11 is 0. The summed E-state index contributed by atoms with van der Waals surface area (Å²) in [6.45, 7) is 4.26. The van der Waals surface area contributed by atoms with Gasteiger partial charge in [0.1, 0.15) is 5.75 Å². The molecule has 1 saturated heterocycles. The lowest BCUT2D eigenvalue weighted by atomic mass is 9.86. The second kappa shape index (κ2) is 9.56. The van der Waals surface area contributed by atoms with Crippen LogP contribution >= 0.6 is 0 Å². The molecule has 4 heteroatoms. The Bertz CT molecular complexity index is 732. The highest BCUT2D eigenvalue weighted by Gasteiger charge is 2.30. The average molecular weight is 367 g/mol. The third kappa shape index (κ3) is 5.33. The van der Waals surface area contributed by atoms with Crippen LogP contribution in [-0.2, 0) is 17.6 Å². The molecule has 0 unspecified atom stereocenters. The van der Waals surface area contributed by atoms with Gasteiger partial charge in [-0.2, -0.15) is 0 Å². The summed E-state index contributed by atoms with van der Waals surface area (Å²) < 4.78 is 5.46. The fourth-order valence-electron chi connectivity index (χ4n) is 4.01. The van der Waals surface area contributed by atoms with Gasteiger partial charge < -0.3 is 15.0 Å². The number of ether oxygens (including phenoxy) is 1. The number of methoxy groups -OCH3 is 1. The van der Waals surface area contributed by atoms with Crippen LogP contribution in [-0.4, -0.2) is 43.6 Å². The topological polar surface area (TPSA) is 41.6 Å². The molecule has 1 heterocycles. The summed E-state index contributed by atoms with van der Waals surface area (Å²) in [5.74, 6) is 1.56. The summed E-state index contributed by atoms with van der Waals surface area (Å²) in [5.41, 5.74) is 2.57. The van der Waals surface area contributed by atoms with Gasteiger partial charge in [-0.1, -0.05) is 48.5 Å². The van der Waals surface area contributed by atoms with Gasteiger partial charge in [-0.25, -0.2) is 0 Å². The number of hydrogen-bond donors (Lipinski definition) is 1. The quantitative estimate of drug-likeness (QED) is 0.817. The number of nitrogens with zero attached hydrogens (tertiary/aromatic N) is 1. The van der Waals surface area contributed by atoms with Crippen molar-refractivity contribution in [2.24, 2.45) is 5.92 Å². The Balaban J connectivity index is 1.61. The SMILES string of the molecule is COc1ccccc1CCN[C@H]1CCN(C(C)=O)C[C@H]1Cc1ccccc1. The van der Waals surface area contributed by atoms with Gasteiger partial charge in [0, 0.05) is 26.1 Å². The van der Waals surface area contributed by atoms with E-state index in [4.69, 9.17) is 4.74 Å². The number of nitrogens with one attached hydrogen (secondary N) is 1. The Morgan fingerprint density at radius 3 is 2.63 bits per heavy atom. The molecule has 1 aliphatic heterocycles. The molecule has 0 radical (unpaired) electrons. The highest BCUT2D eigenvalue weighted by molar-refractivity contribution is 5.73. The van der Waals surface area contributed by atoms with Gasteiger partial charge in [-0.3, -0.25) is 4.79 Å². The maximum atomic E-state index is 11.9. The predicted molar refractivity (Wildman–Crippen MR) is 109 cm³/mol. The Labute approximate surface area is 162 Å². The van der Waals surface area contributed by atoms with Crippen LogP contribution in [0.3, 0.4) is 0 Å². The molecule has 0 saturated carbocycles. The van der Waals surface area contributed by atoms with Crippen molar-refractivity contribution in [1.82, 2.24) is 10.2 Å². The minimum absolute atomic E-state index is 0.181. The lowest BCUT2D eigenvalue weighted by Crippen LogP contribution is -2.51. The highest BCUT2D eigenvalue weighted by Crippen LogP contribution is 2.23. The van der Waals surface area contributed by atoms with Crippen LogP contribution in [0.2, 0.25) is 0 Å². The van der Waals surface area contributed by atoms with E-state index in [9.17, 15) is 4.79 Å². The van der Waals surface area contributed by atoms with Crippen molar-refractivity contribution in [3.8, 4) is 5.75 Å². The van der Waals surface area contributed by atoms with E-state index >= 15 is 0 Å². The maximum Gasteiger partial charge on any atom is 0.219 e. The third-order valence-corrected chi connectivity index (χ3v) is 5.51. The van der Waals surface area contributed by atoms with Crippen LogP contribution in [0.1, 0.15) is 24.5 Å². The Kier molecular flexibility index (Phi) is 6.88. The summed E-state index contributed by atoms with van der Waals surface area (Å²) in [4.78, 5) is 13.9. The molecule has 27 heavy (non-hydrogen) atoms. The molecular weight excluding hydrogens is 336 g/mol. The van der Waals surface area contributed by atoms with Crippen molar-refractivity contribution >= 4 is 5.91 Å². The van der Waals surface area contributed by atoms with E-state index in [-0.39, 0.29) is 5.91 Å². The fraction of sp³-hybridized carbons (Fsp3) is 0.435. The third-order valence-electron chi connectivity index (χ3n) is 5.51. The van der Waals surface area contributed by atoms with Crippen molar-refractivity contribution in [3.05, 3.63) is 65.7 Å². The van der Waals surface area contributed by atoms with Gasteiger partial charge in [0.05, 0.1) is 7.11 Å². The van der Waals surface area contributed by atoms with Gasteiger partial charge in [-0.15, -0.1) is 0 Å². The minimum Gasteiger partial charge on any atom is -0.496 e. The second-order valence-corrected chi connectivity index (χ2v) is 7.33. The number of piperidine rings is 1. The van der Waals surface area contributed by atoms with E-state index < -0.39 is 0 Å². The van der Waals surface area contributed by atoms with E-state index in [1.807, 2.05) is 17.0 Å². The summed E-state index contributed by atoms with van der Waals surface area (Å²) in [6, 6.07) is 19.2. The smallest absolute Gasteiger partial charge is 0.219 e. The Hall–Kier alpha value is -2.33. The summed E-state index contributed by atoms with van der Waals surface area (Å²) in [6.07, 6.45) is 2.94. The summed E-state index contributed by atoms with van der Waals surface area (Å²) in [7, 11) is 1.72. The van der Waals surface area contributed by atoms with Crippen LogP contribution in [0, 0.1) is 5.92 Å². The first kappa shape index (κ1) is 19.4. The first-order valence-electron chi connectivity index (χ1n) is 9.82. The zero-order chi connectivity index (χ0) is 19.1. The first-order valence-corrected chi connectivity index (χ1v) is 9.82. The maximum absolute atomic E-state index is 11.9. The van der Waals surface area contributed by atoms with Crippen LogP contribution in [0.5, 0.6) is 5.75 Å². The number of hydrogen-bond acceptors (Lipinski definition) is 3. The van der Waals surface area contributed by atoms with E-state index in [1.165, 1.54) is 11.1 Å². The monoisotopic (exact) mass is 366 g/mol. The number of amides is 1. The number of rotatable bonds is 7. The molecule has 0 bridgehead atoms. The zero-order valence-corrected chi connectivity index (χ0v) is 16.4. The molecular formula is C23H30N2O2. The van der Waals surface area contributed by atoms with E-state index in [0.717, 1.165) is 44.6 Å². The molecule has 0 aromatic heterocycles. The zero-order valence-electron chi connectivity index (χ0n) is 16.4. The largest absolute Gasteiger partial charge is 0.496 e. The molecule has 0 aliphatic carbocycles. The fourth-order valence-corrected chi connectivity index (χ4v) is 4.01. The van der Waals surface area contributed by atoms with Crippen molar-refractivity contribution in [2.75, 3.05) is 26.7 Å². The highest BCUT2D eigenvalue weighted by atomic mass is 16.5. The molecule has 4 nitrogen and oxygen atoms in total. The number of benzene rings is 2. The Morgan fingerprint density at radius 1 is 1.15 bits per heavy atom. The number of carbonyl (C=O) groups is 1. The molecule has 144 valence electrons. The number of para-hydroxylation sites is 1. The van der Waals surface area contributed by atoms with Crippen LogP contribution in [0.25, 0.3) is 0 Å². The van der Waals surface area contributed by atoms with Gasteiger partial charge in [-0.05, 0) is 48.9 Å². The van der Waals surface area contributed by atoms with Gasteiger partial charge in [0.2, 0.25) is 5.91 Å². The minimum atomic E-state index is 0.181. The van der Waals surface area contributed by atoms with Gasteiger partial charge >= 0.3 is 0 Å². The molecule has 0 spiro atoms. The lowest BCUT2D eigenvalue weighted by molar-refractivity contribution is -0.131. The number of likely N-dealkylation sites (tertiary alicyclic amines) is 1. The average Bonchev–Trinajstić information content (AvgIpc) is 2.70. The molecule has 2 aromatic carbocycles. The Morgan fingerprint density at radius 2 is 1.89 bits per heavy atom. The lowest BCUT2D eigenvalue weighted by Gasteiger charge is -2.39. The summed E-state index contributed by atoms with van der Waals surface area (Å²) in [5, 5.41) is 3.76. The molecule has 1 aliphatic rings. The number of carbonyl (C=O) groups excluding carboxylic acids is 1. The van der Waals surface area contributed by atoms with Gasteiger partial charge in [0.25, 0.3) is 0 Å². The van der Waals surface area contributed by atoms with Crippen molar-refractivity contribution in [1.29, 1.82) is 0 Å². The predicted octanol–water partition coefficient (Wildman–Crippen LogP) is 3.31. The molecule has 3 rings (SSSR count). The first-order chi connectivity index (χ1) is 13.2. The van der Waals surface area contributed by atoms with E-state index in [2.05, 4.69) is 47.8 Å². The van der Waals surface area contributed by atoms with Crippen molar-refractivity contribution < 1.29 is 9.53 Å². The molecule has 1 N–H and O–H groups in total. The molecule has 1 fully saturated rings. The molecule has 2 atom stereocenters. The van der Waals surface area contributed by atoms with Crippen LogP contribution in [0.15, 0.2) is 54.6 Å². The van der Waals surface area contributed by atoms with Crippen molar-refractivity contribution in [3.63, 3.8) is 0 Å².